The van der Waals surface area contributed by atoms with E-state index in [2.05, 4.69) is 4.99 Å². The monoisotopic (exact) mass is 479 g/mol. The summed E-state index contributed by atoms with van der Waals surface area (Å²) in [6, 6.07) is 0. The van der Waals surface area contributed by atoms with Crippen LogP contribution in [0.25, 0.3) is 0 Å². The van der Waals surface area contributed by atoms with Gasteiger partial charge in [-0.05, 0) is 12.8 Å². The fraction of sp³-hybridized carbons (Fsp3) is 0.968. The molecule has 0 fully saturated rings. The molecule has 0 saturated carbocycles. The number of hydrogen-bond donors (Lipinski definition) is 1. The summed E-state index contributed by atoms with van der Waals surface area (Å²) in [5.74, 6) is 0. The van der Waals surface area contributed by atoms with Gasteiger partial charge in [-0.25, -0.2) is 9.79 Å². The molecule has 0 aromatic rings. The number of aliphatic hydroxyl groups excluding tert-OH is 1. The molecule has 0 amide bonds. The van der Waals surface area contributed by atoms with Gasteiger partial charge in [0.05, 0.1) is 6.54 Å². The van der Waals surface area contributed by atoms with Gasteiger partial charge in [-0.2, -0.15) is 0 Å². The van der Waals surface area contributed by atoms with Crippen molar-refractivity contribution in [3.63, 3.8) is 0 Å². The Hall–Kier alpha value is -0.660. The lowest BCUT2D eigenvalue weighted by molar-refractivity contribution is 0.282. The van der Waals surface area contributed by atoms with Crippen LogP contribution in [0.2, 0.25) is 0 Å². The zero-order chi connectivity index (χ0) is 24.6. The van der Waals surface area contributed by atoms with Crippen molar-refractivity contribution < 1.29 is 9.90 Å². The van der Waals surface area contributed by atoms with Gasteiger partial charge in [-0.15, -0.1) is 0 Å². The summed E-state index contributed by atoms with van der Waals surface area (Å²) in [6.07, 6.45) is 40.1. The maximum absolute atomic E-state index is 9.97. The molecule has 0 saturated heterocycles. The molecule has 0 aromatic carbocycles. The SMILES string of the molecule is O=C=NCCCCCCCCCCCCCCCCCCCCCCCCCCCCCCO. The maximum atomic E-state index is 9.97. The molecule has 3 heteroatoms. The van der Waals surface area contributed by atoms with Crippen LogP contribution in [0.1, 0.15) is 180 Å². The Kier molecular flexibility index (Phi) is 31.7. The van der Waals surface area contributed by atoms with E-state index in [0.29, 0.717) is 13.2 Å². The Morgan fingerprint density at radius 3 is 0.765 bits per heavy atom. The second-order valence-electron chi connectivity index (χ2n) is 10.6. The second-order valence-corrected chi connectivity index (χ2v) is 10.6. The molecular formula is C31H61NO2. The number of aliphatic imine (C=N–C) groups is 1. The highest BCUT2D eigenvalue weighted by molar-refractivity contribution is 5.32. The molecule has 0 atom stereocenters. The molecule has 3 nitrogen and oxygen atoms in total. The van der Waals surface area contributed by atoms with Crippen LogP contribution >= 0.6 is 0 Å². The van der Waals surface area contributed by atoms with Gasteiger partial charge in [0.2, 0.25) is 6.08 Å². The van der Waals surface area contributed by atoms with Gasteiger partial charge in [0.25, 0.3) is 0 Å². The lowest BCUT2D eigenvalue weighted by atomic mass is 10.0. The number of isocyanates is 1. The molecule has 0 aliphatic rings. The van der Waals surface area contributed by atoms with Crippen LogP contribution in [0.3, 0.4) is 0 Å². The van der Waals surface area contributed by atoms with Gasteiger partial charge < -0.3 is 5.11 Å². The molecule has 34 heavy (non-hydrogen) atoms. The number of hydrogen-bond acceptors (Lipinski definition) is 3. The topological polar surface area (TPSA) is 49.7 Å². The first-order chi connectivity index (χ1) is 16.9. The van der Waals surface area contributed by atoms with Crippen molar-refractivity contribution in [2.75, 3.05) is 13.2 Å². The summed E-state index contributed by atoms with van der Waals surface area (Å²) in [6.45, 7) is 1.03. The van der Waals surface area contributed by atoms with Crippen LogP contribution in [-0.4, -0.2) is 24.3 Å². The number of carbonyl (C=O) groups excluding carboxylic acids is 1. The van der Waals surface area contributed by atoms with Crippen molar-refractivity contribution in [2.45, 2.75) is 180 Å². The van der Waals surface area contributed by atoms with Crippen LogP contribution in [0.5, 0.6) is 0 Å². The van der Waals surface area contributed by atoms with E-state index < -0.39 is 0 Å². The number of unbranched alkanes of at least 4 members (excludes halogenated alkanes) is 27. The summed E-state index contributed by atoms with van der Waals surface area (Å²) >= 11 is 0. The molecule has 0 bridgehead atoms. The minimum atomic E-state index is 0.367. The summed E-state index contributed by atoms with van der Waals surface area (Å²) in [5, 5.41) is 8.76. The van der Waals surface area contributed by atoms with Crippen molar-refractivity contribution in [2.24, 2.45) is 4.99 Å². The van der Waals surface area contributed by atoms with Gasteiger partial charge in [0.15, 0.2) is 0 Å². The highest BCUT2D eigenvalue weighted by Crippen LogP contribution is 2.16. The van der Waals surface area contributed by atoms with E-state index in [1.165, 1.54) is 167 Å². The van der Waals surface area contributed by atoms with Crippen LogP contribution in [0, 0.1) is 0 Å². The first kappa shape index (κ1) is 33.3. The minimum Gasteiger partial charge on any atom is -0.396 e. The van der Waals surface area contributed by atoms with E-state index in [-0.39, 0.29) is 0 Å². The standard InChI is InChI=1S/C31H61NO2/c33-30-28-26-24-22-20-18-16-14-12-10-8-6-4-2-1-3-5-7-9-11-13-15-17-19-21-23-25-27-29-32-31-34/h33H,1-30H2. The van der Waals surface area contributed by atoms with Crippen molar-refractivity contribution >= 4 is 6.08 Å². The molecule has 0 aliphatic heterocycles. The molecular weight excluding hydrogens is 418 g/mol. The first-order valence-electron chi connectivity index (χ1n) is 15.6. The van der Waals surface area contributed by atoms with Crippen molar-refractivity contribution in [1.29, 1.82) is 0 Å². The average molecular weight is 480 g/mol. The van der Waals surface area contributed by atoms with Crippen LogP contribution < -0.4 is 0 Å². The number of aliphatic hydroxyl groups is 1. The third kappa shape index (κ3) is 31.3. The highest BCUT2D eigenvalue weighted by Gasteiger charge is 1.96. The molecule has 202 valence electrons. The highest BCUT2D eigenvalue weighted by atomic mass is 16.2. The smallest absolute Gasteiger partial charge is 0.234 e. The van der Waals surface area contributed by atoms with Crippen molar-refractivity contribution in [3.8, 4) is 0 Å². The molecule has 0 spiro atoms. The molecule has 1 N–H and O–H groups in total. The minimum absolute atomic E-state index is 0.367. The van der Waals surface area contributed by atoms with Crippen molar-refractivity contribution in [3.05, 3.63) is 0 Å². The fourth-order valence-electron chi connectivity index (χ4n) is 4.94. The summed E-state index contributed by atoms with van der Waals surface area (Å²) in [7, 11) is 0. The Morgan fingerprint density at radius 2 is 0.559 bits per heavy atom. The zero-order valence-corrected chi connectivity index (χ0v) is 23.0. The molecule has 0 radical (unpaired) electrons. The van der Waals surface area contributed by atoms with E-state index in [0.717, 1.165) is 12.8 Å². The van der Waals surface area contributed by atoms with Crippen molar-refractivity contribution in [1.82, 2.24) is 0 Å². The summed E-state index contributed by atoms with van der Waals surface area (Å²) < 4.78 is 0. The first-order valence-corrected chi connectivity index (χ1v) is 15.6. The van der Waals surface area contributed by atoms with E-state index in [1.807, 2.05) is 0 Å². The van der Waals surface area contributed by atoms with Gasteiger partial charge >= 0.3 is 0 Å². The average Bonchev–Trinajstić information content (AvgIpc) is 2.85. The molecule has 0 rings (SSSR count). The third-order valence-electron chi connectivity index (χ3n) is 7.24. The summed E-state index contributed by atoms with van der Waals surface area (Å²) in [4.78, 5) is 13.6. The van der Waals surface area contributed by atoms with Crippen LogP contribution in [0.4, 0.5) is 0 Å². The van der Waals surface area contributed by atoms with Crippen LogP contribution in [-0.2, 0) is 4.79 Å². The van der Waals surface area contributed by atoms with E-state index in [1.54, 1.807) is 6.08 Å². The Labute approximate surface area is 214 Å². The Morgan fingerprint density at radius 1 is 0.353 bits per heavy atom. The zero-order valence-electron chi connectivity index (χ0n) is 23.0. The molecule has 0 heterocycles. The molecule has 0 unspecified atom stereocenters. The van der Waals surface area contributed by atoms with Crippen LogP contribution in [0.15, 0.2) is 4.99 Å². The van der Waals surface area contributed by atoms with Gasteiger partial charge in [0, 0.05) is 6.61 Å². The van der Waals surface area contributed by atoms with Gasteiger partial charge in [-0.1, -0.05) is 167 Å². The normalized spacial score (nSPS) is 11.1. The largest absolute Gasteiger partial charge is 0.396 e. The van der Waals surface area contributed by atoms with E-state index >= 15 is 0 Å². The van der Waals surface area contributed by atoms with Gasteiger partial charge in [0.1, 0.15) is 0 Å². The van der Waals surface area contributed by atoms with E-state index in [9.17, 15) is 4.79 Å². The molecule has 0 aromatic heterocycles. The Bertz CT molecular complexity index is 406. The third-order valence-corrected chi connectivity index (χ3v) is 7.24. The second kappa shape index (κ2) is 32.3. The predicted octanol–water partition coefficient (Wildman–Crippen LogP) is 10.2. The van der Waals surface area contributed by atoms with Gasteiger partial charge in [-0.3, -0.25) is 0 Å². The Balaban J connectivity index is 3.01. The number of rotatable bonds is 30. The lowest BCUT2D eigenvalue weighted by Gasteiger charge is -2.04. The molecule has 0 aliphatic carbocycles. The van der Waals surface area contributed by atoms with E-state index in [4.69, 9.17) is 5.11 Å². The predicted molar refractivity (Wildman–Crippen MR) is 149 cm³/mol. The lowest BCUT2D eigenvalue weighted by Crippen LogP contribution is -1.85. The number of nitrogens with zero attached hydrogens (tertiary/aromatic N) is 1. The summed E-state index contributed by atoms with van der Waals surface area (Å²) in [5.41, 5.74) is 0. The quantitative estimate of drug-likeness (QED) is 0.0632. The fourth-order valence-corrected chi connectivity index (χ4v) is 4.94. The maximum Gasteiger partial charge on any atom is 0.234 e.